The minimum absolute atomic E-state index is 0.113. The number of hydrogen-bond donors (Lipinski definition) is 1. The van der Waals surface area contributed by atoms with Crippen molar-refractivity contribution in [1.82, 2.24) is 14.8 Å². The van der Waals surface area contributed by atoms with Crippen molar-refractivity contribution in [2.75, 3.05) is 19.8 Å². The molecule has 5 rings (SSSR count). The first kappa shape index (κ1) is 20.9. The van der Waals surface area contributed by atoms with Crippen LogP contribution in [0.2, 0.25) is 0 Å². The van der Waals surface area contributed by atoms with Crippen LogP contribution in [0.3, 0.4) is 0 Å². The maximum Gasteiger partial charge on any atom is 0.354 e. The number of benzene rings is 1. The van der Waals surface area contributed by atoms with Crippen molar-refractivity contribution in [3.05, 3.63) is 47.8 Å². The SMILES string of the molecule is O=C(O)c1cc(OC[C@@H](F)C2CCOCC2)c2c(C3CCC3)nn(-c3ccccc3)c2n1. The van der Waals surface area contributed by atoms with Crippen LogP contribution >= 0.6 is 0 Å². The number of aromatic carboxylic acids is 1. The van der Waals surface area contributed by atoms with Crippen molar-refractivity contribution in [3.63, 3.8) is 0 Å². The molecule has 1 atom stereocenters. The molecule has 1 saturated carbocycles. The summed E-state index contributed by atoms with van der Waals surface area (Å²) in [5, 5.41) is 15.2. The zero-order chi connectivity index (χ0) is 22.1. The zero-order valence-corrected chi connectivity index (χ0v) is 17.7. The van der Waals surface area contributed by atoms with Crippen LogP contribution in [0.4, 0.5) is 4.39 Å². The standard InChI is InChI=1S/C24H26FN3O4/c25-18(15-9-11-31-12-10-15)14-32-20-13-19(24(29)30)26-23-21(20)22(16-5-4-6-16)27-28(23)17-7-2-1-3-8-17/h1-3,7-8,13,15-16,18H,4-6,9-12,14H2,(H,29,30)/t18-/m1/s1. The molecule has 2 aliphatic rings. The summed E-state index contributed by atoms with van der Waals surface area (Å²) in [7, 11) is 0. The first-order valence-corrected chi connectivity index (χ1v) is 11.2. The number of rotatable bonds is 7. The van der Waals surface area contributed by atoms with E-state index in [1.54, 1.807) is 4.68 Å². The number of carboxylic acids is 1. The lowest BCUT2D eigenvalue weighted by molar-refractivity contribution is 0.0243. The third-order valence-electron chi connectivity index (χ3n) is 6.52. The van der Waals surface area contributed by atoms with Crippen LogP contribution in [0.25, 0.3) is 16.7 Å². The number of aromatic nitrogens is 3. The van der Waals surface area contributed by atoms with Gasteiger partial charge in [0.25, 0.3) is 0 Å². The minimum Gasteiger partial charge on any atom is -0.490 e. The predicted molar refractivity (Wildman–Crippen MR) is 116 cm³/mol. The van der Waals surface area contributed by atoms with Crippen LogP contribution in [0.5, 0.6) is 5.75 Å². The summed E-state index contributed by atoms with van der Waals surface area (Å²) in [6.07, 6.45) is 3.32. The topological polar surface area (TPSA) is 86.5 Å². The summed E-state index contributed by atoms with van der Waals surface area (Å²) in [5.74, 6) is -0.674. The third-order valence-corrected chi connectivity index (χ3v) is 6.52. The molecule has 0 amide bonds. The van der Waals surface area contributed by atoms with Gasteiger partial charge >= 0.3 is 5.97 Å². The van der Waals surface area contributed by atoms with E-state index < -0.39 is 12.1 Å². The molecule has 2 fully saturated rings. The van der Waals surface area contributed by atoms with Gasteiger partial charge in [-0.15, -0.1) is 0 Å². The molecule has 1 N–H and O–H groups in total. The molecule has 3 aromatic rings. The molecule has 32 heavy (non-hydrogen) atoms. The Labute approximate surface area is 185 Å². The Hall–Kier alpha value is -3.00. The molecular formula is C24H26FN3O4. The zero-order valence-electron chi connectivity index (χ0n) is 17.7. The van der Waals surface area contributed by atoms with Crippen LogP contribution in [0.1, 0.15) is 54.2 Å². The molecule has 2 aromatic heterocycles. The summed E-state index contributed by atoms with van der Waals surface area (Å²) < 4.78 is 27.9. The van der Waals surface area contributed by atoms with Crippen LogP contribution in [-0.4, -0.2) is 51.8 Å². The van der Waals surface area contributed by atoms with Gasteiger partial charge in [0.1, 0.15) is 18.5 Å². The van der Waals surface area contributed by atoms with E-state index in [2.05, 4.69) is 4.98 Å². The molecule has 0 bridgehead atoms. The highest BCUT2D eigenvalue weighted by molar-refractivity contribution is 5.94. The minimum atomic E-state index is -1.16. The number of carbonyl (C=O) groups is 1. The summed E-state index contributed by atoms with van der Waals surface area (Å²) >= 11 is 0. The third kappa shape index (κ3) is 3.95. The Morgan fingerprint density at radius 1 is 1.22 bits per heavy atom. The van der Waals surface area contributed by atoms with E-state index in [0.29, 0.717) is 42.8 Å². The molecule has 0 unspecified atom stereocenters. The van der Waals surface area contributed by atoms with Gasteiger partial charge in [-0.3, -0.25) is 0 Å². The fraction of sp³-hybridized carbons (Fsp3) is 0.458. The molecule has 7 nitrogen and oxygen atoms in total. The lowest BCUT2D eigenvalue weighted by Gasteiger charge is -2.26. The van der Waals surface area contributed by atoms with Crippen LogP contribution in [0, 0.1) is 5.92 Å². The molecule has 0 radical (unpaired) electrons. The van der Waals surface area contributed by atoms with E-state index in [1.807, 2.05) is 30.3 Å². The van der Waals surface area contributed by atoms with Gasteiger partial charge in [-0.25, -0.2) is 18.9 Å². The highest BCUT2D eigenvalue weighted by atomic mass is 19.1. The summed E-state index contributed by atoms with van der Waals surface area (Å²) in [6, 6.07) is 10.9. The van der Waals surface area contributed by atoms with Gasteiger partial charge in [-0.2, -0.15) is 5.10 Å². The normalized spacial score (nSPS) is 18.4. The lowest BCUT2D eigenvalue weighted by Crippen LogP contribution is -2.29. The molecule has 8 heteroatoms. The number of para-hydroxylation sites is 1. The largest absolute Gasteiger partial charge is 0.490 e. The van der Waals surface area contributed by atoms with E-state index >= 15 is 0 Å². The molecule has 1 saturated heterocycles. The van der Waals surface area contributed by atoms with E-state index in [-0.39, 0.29) is 24.1 Å². The number of pyridine rings is 1. The van der Waals surface area contributed by atoms with Crippen molar-refractivity contribution in [3.8, 4) is 11.4 Å². The first-order chi connectivity index (χ1) is 15.6. The maximum atomic E-state index is 14.9. The smallest absolute Gasteiger partial charge is 0.354 e. The number of ether oxygens (including phenoxy) is 2. The van der Waals surface area contributed by atoms with Crippen molar-refractivity contribution in [1.29, 1.82) is 0 Å². The summed E-state index contributed by atoms with van der Waals surface area (Å²) in [4.78, 5) is 16.2. The number of hydrogen-bond acceptors (Lipinski definition) is 5. The van der Waals surface area contributed by atoms with Crippen molar-refractivity contribution in [2.45, 2.75) is 44.2 Å². The second kappa shape index (κ2) is 8.86. The lowest BCUT2D eigenvalue weighted by atomic mass is 9.82. The Balaban J connectivity index is 1.57. The van der Waals surface area contributed by atoms with Gasteiger partial charge < -0.3 is 14.6 Å². The Morgan fingerprint density at radius 3 is 2.62 bits per heavy atom. The van der Waals surface area contributed by atoms with Crippen LogP contribution in [-0.2, 0) is 4.74 Å². The molecule has 1 aliphatic heterocycles. The molecule has 1 aliphatic carbocycles. The Morgan fingerprint density at radius 2 is 1.97 bits per heavy atom. The second-order valence-electron chi connectivity index (χ2n) is 8.55. The number of alkyl halides is 1. The van der Waals surface area contributed by atoms with Gasteiger partial charge in [-0.1, -0.05) is 24.6 Å². The Kier molecular flexibility index (Phi) is 5.78. The fourth-order valence-electron chi connectivity index (χ4n) is 4.43. The molecule has 3 heterocycles. The highest BCUT2D eigenvalue weighted by Gasteiger charge is 2.30. The van der Waals surface area contributed by atoms with Gasteiger partial charge in [0.15, 0.2) is 11.3 Å². The van der Waals surface area contributed by atoms with E-state index in [1.165, 1.54) is 6.07 Å². The van der Waals surface area contributed by atoms with E-state index in [9.17, 15) is 14.3 Å². The van der Waals surface area contributed by atoms with Gasteiger partial charge in [-0.05, 0) is 43.7 Å². The van der Waals surface area contributed by atoms with E-state index in [4.69, 9.17) is 14.6 Å². The van der Waals surface area contributed by atoms with Gasteiger partial charge in [0.05, 0.1) is 16.8 Å². The highest BCUT2D eigenvalue weighted by Crippen LogP contribution is 2.42. The number of carboxylic acid groups (broad SMARTS) is 1. The Bertz CT molecular complexity index is 1110. The number of halogens is 1. The number of nitrogens with zero attached hydrogens (tertiary/aromatic N) is 3. The van der Waals surface area contributed by atoms with Gasteiger partial charge in [0.2, 0.25) is 0 Å². The molecule has 0 spiro atoms. The first-order valence-electron chi connectivity index (χ1n) is 11.2. The molecule has 1 aromatic carbocycles. The fourth-order valence-corrected chi connectivity index (χ4v) is 4.43. The molecular weight excluding hydrogens is 413 g/mol. The average molecular weight is 439 g/mol. The number of fused-ring (bicyclic) bond motifs is 1. The second-order valence-corrected chi connectivity index (χ2v) is 8.55. The van der Waals surface area contributed by atoms with Crippen molar-refractivity contribution < 1.29 is 23.8 Å². The molecule has 168 valence electrons. The monoisotopic (exact) mass is 439 g/mol. The van der Waals surface area contributed by atoms with Crippen molar-refractivity contribution >= 4 is 17.0 Å². The van der Waals surface area contributed by atoms with Crippen molar-refractivity contribution in [2.24, 2.45) is 5.92 Å². The van der Waals surface area contributed by atoms with E-state index in [0.717, 1.165) is 30.6 Å². The summed E-state index contributed by atoms with van der Waals surface area (Å²) in [6.45, 7) is 0.982. The maximum absolute atomic E-state index is 14.9. The predicted octanol–water partition coefficient (Wildman–Crippen LogP) is 4.53. The van der Waals surface area contributed by atoms with Gasteiger partial charge in [0, 0.05) is 25.2 Å². The quantitative estimate of drug-likeness (QED) is 0.582. The summed E-state index contributed by atoms with van der Waals surface area (Å²) in [5.41, 5.74) is 1.91. The van der Waals surface area contributed by atoms with Crippen LogP contribution < -0.4 is 4.74 Å². The average Bonchev–Trinajstić information content (AvgIpc) is 3.16. The van der Waals surface area contributed by atoms with Crippen LogP contribution in [0.15, 0.2) is 36.4 Å².